The molecule has 1 saturated carbocycles. The lowest BCUT2D eigenvalue weighted by Gasteiger charge is -2.10. The lowest BCUT2D eigenvalue weighted by atomic mass is 10.2. The Bertz CT molecular complexity index is 502. The zero-order chi connectivity index (χ0) is 11.7. The van der Waals surface area contributed by atoms with Gasteiger partial charge in [0.2, 0.25) is 0 Å². The Hall–Kier alpha value is -1.75. The van der Waals surface area contributed by atoms with E-state index in [2.05, 4.69) is 20.4 Å². The summed E-state index contributed by atoms with van der Waals surface area (Å²) in [6, 6.07) is 2.73. The van der Waals surface area contributed by atoms with Crippen LogP contribution >= 0.6 is 0 Å². The molecule has 1 aliphatic carbocycles. The molecule has 0 unspecified atom stereocenters. The first kappa shape index (κ1) is 10.4. The Labute approximate surface area is 99.9 Å². The molecule has 3 rings (SSSR count). The highest BCUT2D eigenvalue weighted by molar-refractivity contribution is 5.39. The highest BCUT2D eigenvalue weighted by Gasteiger charge is 2.20. The monoisotopic (exact) mass is 229 g/mol. The number of nitrogens with one attached hydrogen (secondary N) is 1. The van der Waals surface area contributed by atoms with Crippen molar-refractivity contribution in [3.63, 3.8) is 0 Å². The van der Waals surface area contributed by atoms with Gasteiger partial charge >= 0.3 is 0 Å². The highest BCUT2D eigenvalue weighted by atomic mass is 15.3. The van der Waals surface area contributed by atoms with Gasteiger partial charge in [0, 0.05) is 30.0 Å². The summed E-state index contributed by atoms with van der Waals surface area (Å²) in [6.45, 7) is 2.83. The standard InChI is InChI=1S/C12H15N5/c1-9-4-12(17-8-13-7-16-17)10(5-14-9)6-15-11-2-3-11/h4-5,7-8,11,15H,2-3,6H2,1H3. The van der Waals surface area contributed by atoms with E-state index in [1.807, 2.05) is 19.2 Å². The summed E-state index contributed by atoms with van der Waals surface area (Å²) in [4.78, 5) is 8.33. The third-order valence-corrected chi connectivity index (χ3v) is 2.92. The Morgan fingerprint density at radius 2 is 2.35 bits per heavy atom. The van der Waals surface area contributed by atoms with Crippen molar-refractivity contribution in [2.45, 2.75) is 32.4 Å². The molecule has 0 bridgehead atoms. The van der Waals surface area contributed by atoms with E-state index in [9.17, 15) is 0 Å². The Morgan fingerprint density at radius 3 is 3.06 bits per heavy atom. The Kier molecular flexibility index (Phi) is 2.60. The van der Waals surface area contributed by atoms with Crippen LogP contribution in [-0.4, -0.2) is 25.8 Å². The van der Waals surface area contributed by atoms with E-state index in [1.165, 1.54) is 12.8 Å². The minimum atomic E-state index is 0.694. The molecule has 0 spiro atoms. The second kappa shape index (κ2) is 4.25. The quantitative estimate of drug-likeness (QED) is 0.856. The van der Waals surface area contributed by atoms with E-state index in [0.717, 1.165) is 23.5 Å². The molecule has 1 fully saturated rings. The fourth-order valence-electron chi connectivity index (χ4n) is 1.80. The van der Waals surface area contributed by atoms with Crippen LogP contribution in [0.15, 0.2) is 24.9 Å². The summed E-state index contributed by atoms with van der Waals surface area (Å²) in [7, 11) is 0. The van der Waals surface area contributed by atoms with Crippen molar-refractivity contribution in [2.75, 3.05) is 0 Å². The normalized spacial score (nSPS) is 15.1. The number of hydrogen-bond acceptors (Lipinski definition) is 4. The number of rotatable bonds is 4. The van der Waals surface area contributed by atoms with Gasteiger partial charge in [0.25, 0.3) is 0 Å². The molecule has 5 nitrogen and oxygen atoms in total. The molecule has 0 aliphatic heterocycles. The Balaban J connectivity index is 1.89. The minimum absolute atomic E-state index is 0.694. The number of hydrogen-bond donors (Lipinski definition) is 1. The predicted octanol–water partition coefficient (Wildman–Crippen LogP) is 1.22. The van der Waals surface area contributed by atoms with Crippen LogP contribution in [0.25, 0.3) is 5.69 Å². The second-order valence-electron chi connectivity index (χ2n) is 4.45. The maximum absolute atomic E-state index is 4.35. The van der Waals surface area contributed by atoms with Gasteiger partial charge in [-0.3, -0.25) is 4.98 Å². The van der Waals surface area contributed by atoms with Crippen LogP contribution < -0.4 is 5.32 Å². The first-order chi connectivity index (χ1) is 8.33. The van der Waals surface area contributed by atoms with Crippen LogP contribution in [0.4, 0.5) is 0 Å². The average molecular weight is 229 g/mol. The van der Waals surface area contributed by atoms with E-state index in [0.29, 0.717) is 6.04 Å². The van der Waals surface area contributed by atoms with Crippen molar-refractivity contribution in [1.29, 1.82) is 0 Å². The summed E-state index contributed by atoms with van der Waals surface area (Å²) in [5.74, 6) is 0. The lowest BCUT2D eigenvalue weighted by molar-refractivity contribution is 0.678. The van der Waals surface area contributed by atoms with Gasteiger partial charge in [-0.1, -0.05) is 0 Å². The second-order valence-corrected chi connectivity index (χ2v) is 4.45. The van der Waals surface area contributed by atoms with Crippen molar-refractivity contribution in [3.05, 3.63) is 36.2 Å². The smallest absolute Gasteiger partial charge is 0.138 e. The van der Waals surface area contributed by atoms with Gasteiger partial charge in [0.1, 0.15) is 12.7 Å². The van der Waals surface area contributed by atoms with Gasteiger partial charge in [0.05, 0.1) is 5.69 Å². The van der Waals surface area contributed by atoms with Crippen LogP contribution in [0, 0.1) is 6.92 Å². The third kappa shape index (κ3) is 2.34. The summed E-state index contributed by atoms with van der Waals surface area (Å²) in [5, 5.41) is 7.67. The van der Waals surface area contributed by atoms with E-state index >= 15 is 0 Å². The van der Waals surface area contributed by atoms with Crippen molar-refractivity contribution < 1.29 is 0 Å². The maximum atomic E-state index is 4.35. The molecule has 5 heteroatoms. The summed E-state index contributed by atoms with van der Waals surface area (Å²) >= 11 is 0. The number of pyridine rings is 1. The largest absolute Gasteiger partial charge is 0.310 e. The highest BCUT2D eigenvalue weighted by Crippen LogP contribution is 2.20. The van der Waals surface area contributed by atoms with Gasteiger partial charge in [-0.05, 0) is 25.8 Å². The van der Waals surface area contributed by atoms with Crippen LogP contribution in [0.1, 0.15) is 24.1 Å². The van der Waals surface area contributed by atoms with Gasteiger partial charge in [-0.2, -0.15) is 5.10 Å². The van der Waals surface area contributed by atoms with Gasteiger partial charge in [-0.15, -0.1) is 0 Å². The maximum Gasteiger partial charge on any atom is 0.138 e. The average Bonchev–Trinajstić information content (AvgIpc) is 3.00. The topological polar surface area (TPSA) is 55.6 Å². The van der Waals surface area contributed by atoms with E-state index in [4.69, 9.17) is 0 Å². The molecule has 2 aromatic rings. The first-order valence-electron chi connectivity index (χ1n) is 5.87. The molecule has 0 amide bonds. The summed E-state index contributed by atoms with van der Waals surface area (Å²) in [6.07, 6.45) is 7.76. The molecular formula is C12H15N5. The molecule has 2 heterocycles. The molecule has 1 N–H and O–H groups in total. The molecule has 0 saturated heterocycles. The van der Waals surface area contributed by atoms with Gasteiger partial charge < -0.3 is 5.32 Å². The fraction of sp³-hybridized carbons (Fsp3) is 0.417. The molecule has 2 aromatic heterocycles. The molecule has 0 radical (unpaired) electrons. The van der Waals surface area contributed by atoms with E-state index in [-0.39, 0.29) is 0 Å². The van der Waals surface area contributed by atoms with Gasteiger partial charge in [0.15, 0.2) is 0 Å². The fourth-order valence-corrected chi connectivity index (χ4v) is 1.80. The predicted molar refractivity (Wildman–Crippen MR) is 63.8 cm³/mol. The first-order valence-corrected chi connectivity index (χ1v) is 5.87. The molecule has 1 aliphatic rings. The van der Waals surface area contributed by atoms with Crippen molar-refractivity contribution in [2.24, 2.45) is 0 Å². The summed E-state index contributed by atoms with van der Waals surface area (Å²) < 4.78 is 1.79. The summed E-state index contributed by atoms with van der Waals surface area (Å²) in [5.41, 5.74) is 3.21. The van der Waals surface area contributed by atoms with Gasteiger partial charge in [-0.25, -0.2) is 9.67 Å². The molecule has 0 aromatic carbocycles. The van der Waals surface area contributed by atoms with Crippen LogP contribution in [-0.2, 0) is 6.54 Å². The SMILES string of the molecule is Cc1cc(-n2cncn2)c(CNC2CC2)cn1. The zero-order valence-electron chi connectivity index (χ0n) is 9.80. The minimum Gasteiger partial charge on any atom is -0.310 e. The third-order valence-electron chi connectivity index (χ3n) is 2.92. The number of aryl methyl sites for hydroxylation is 1. The van der Waals surface area contributed by atoms with Crippen LogP contribution in [0.5, 0.6) is 0 Å². The zero-order valence-corrected chi connectivity index (χ0v) is 9.80. The van der Waals surface area contributed by atoms with E-state index < -0.39 is 0 Å². The van der Waals surface area contributed by atoms with Crippen LogP contribution in [0.2, 0.25) is 0 Å². The molecule has 88 valence electrons. The molecule has 0 atom stereocenters. The molecular weight excluding hydrogens is 214 g/mol. The lowest BCUT2D eigenvalue weighted by Crippen LogP contribution is -2.17. The Morgan fingerprint density at radius 1 is 1.47 bits per heavy atom. The number of aromatic nitrogens is 4. The van der Waals surface area contributed by atoms with Crippen molar-refractivity contribution in [3.8, 4) is 5.69 Å². The van der Waals surface area contributed by atoms with Crippen molar-refractivity contribution >= 4 is 0 Å². The molecule has 17 heavy (non-hydrogen) atoms. The van der Waals surface area contributed by atoms with Crippen LogP contribution in [0.3, 0.4) is 0 Å². The van der Waals surface area contributed by atoms with Crippen molar-refractivity contribution in [1.82, 2.24) is 25.1 Å². The number of nitrogens with zero attached hydrogens (tertiary/aromatic N) is 4. The van der Waals surface area contributed by atoms with E-state index in [1.54, 1.807) is 17.3 Å².